The normalized spacial score (nSPS) is 11.5. The molecule has 0 aliphatic carbocycles. The predicted octanol–water partition coefficient (Wildman–Crippen LogP) is 4.21. The van der Waals surface area contributed by atoms with Crippen molar-refractivity contribution in [1.29, 1.82) is 0 Å². The third kappa shape index (κ3) is 2.53. The minimum absolute atomic E-state index is 0.216. The van der Waals surface area contributed by atoms with Crippen LogP contribution in [-0.2, 0) is 5.75 Å². The van der Waals surface area contributed by atoms with Crippen LogP contribution < -0.4 is 0 Å². The van der Waals surface area contributed by atoms with Crippen molar-refractivity contribution in [2.45, 2.75) is 24.9 Å². The summed E-state index contributed by atoms with van der Waals surface area (Å²) in [5.41, 5.74) is 0.760. The highest BCUT2D eigenvalue weighted by atomic mass is 32.2. The molecule has 2 aromatic rings. The van der Waals surface area contributed by atoms with E-state index in [9.17, 15) is 4.39 Å². The van der Waals surface area contributed by atoms with Crippen molar-refractivity contribution in [3.05, 3.63) is 35.8 Å². The van der Waals surface area contributed by atoms with Crippen molar-refractivity contribution in [2.75, 3.05) is 0 Å². The Balaban J connectivity index is 2.23. The Morgan fingerprint density at radius 2 is 2.13 bits per heavy atom. The van der Waals surface area contributed by atoms with Crippen LogP contribution in [0.1, 0.15) is 19.6 Å². The highest BCUT2D eigenvalue weighted by Gasteiger charge is 2.05. The highest BCUT2D eigenvalue weighted by molar-refractivity contribution is 7.99. The Hall–Kier alpha value is -0.960. The molecule has 0 saturated heterocycles. The zero-order valence-electron chi connectivity index (χ0n) is 8.79. The molecule has 15 heavy (non-hydrogen) atoms. The number of rotatable bonds is 3. The Morgan fingerprint density at radius 3 is 2.87 bits per heavy atom. The van der Waals surface area contributed by atoms with Crippen LogP contribution in [0, 0.1) is 5.82 Å². The van der Waals surface area contributed by atoms with Gasteiger partial charge in [-0.15, -0.1) is 0 Å². The smallest absolute Gasteiger partial charge is 0.134 e. The number of benzene rings is 1. The van der Waals surface area contributed by atoms with Crippen LogP contribution in [0.25, 0.3) is 11.0 Å². The van der Waals surface area contributed by atoms with E-state index in [-0.39, 0.29) is 5.82 Å². The molecular formula is C12H13FOS. The lowest BCUT2D eigenvalue weighted by atomic mass is 10.2. The van der Waals surface area contributed by atoms with Crippen LogP contribution in [0.4, 0.5) is 4.39 Å². The minimum atomic E-state index is -0.216. The Bertz CT molecular complexity index is 462. The molecule has 0 aliphatic heterocycles. The summed E-state index contributed by atoms with van der Waals surface area (Å²) < 4.78 is 18.5. The first-order valence-corrected chi connectivity index (χ1v) is 5.99. The van der Waals surface area contributed by atoms with Crippen molar-refractivity contribution in [2.24, 2.45) is 0 Å². The van der Waals surface area contributed by atoms with Crippen LogP contribution in [0.3, 0.4) is 0 Å². The van der Waals surface area contributed by atoms with Gasteiger partial charge < -0.3 is 4.42 Å². The molecule has 1 aromatic carbocycles. The molecule has 1 nitrogen and oxygen atoms in total. The standard InChI is InChI=1S/C12H13FOS/c1-8(2)15-7-11-6-9-5-10(13)3-4-12(9)14-11/h3-6,8H,7H2,1-2H3. The molecule has 0 bridgehead atoms. The fraction of sp³-hybridized carbons (Fsp3) is 0.333. The van der Waals surface area contributed by atoms with E-state index in [0.29, 0.717) is 5.25 Å². The fourth-order valence-corrected chi connectivity index (χ4v) is 2.03. The maximum atomic E-state index is 12.9. The summed E-state index contributed by atoms with van der Waals surface area (Å²) in [6.45, 7) is 4.29. The van der Waals surface area contributed by atoms with Crippen LogP contribution in [0.2, 0.25) is 0 Å². The average Bonchev–Trinajstić information content (AvgIpc) is 2.56. The molecule has 0 unspecified atom stereocenters. The van der Waals surface area contributed by atoms with Crippen LogP contribution in [0.15, 0.2) is 28.7 Å². The quantitative estimate of drug-likeness (QED) is 0.774. The molecular weight excluding hydrogens is 211 g/mol. The maximum Gasteiger partial charge on any atom is 0.134 e. The van der Waals surface area contributed by atoms with E-state index >= 15 is 0 Å². The lowest BCUT2D eigenvalue weighted by Crippen LogP contribution is -1.86. The Morgan fingerprint density at radius 1 is 1.33 bits per heavy atom. The summed E-state index contributed by atoms with van der Waals surface area (Å²) in [4.78, 5) is 0. The van der Waals surface area contributed by atoms with Gasteiger partial charge in [0.15, 0.2) is 0 Å². The first-order chi connectivity index (χ1) is 7.15. The van der Waals surface area contributed by atoms with E-state index in [4.69, 9.17) is 4.42 Å². The van der Waals surface area contributed by atoms with Gasteiger partial charge in [0.05, 0.1) is 5.75 Å². The van der Waals surface area contributed by atoms with E-state index < -0.39 is 0 Å². The Labute approximate surface area is 92.7 Å². The minimum Gasteiger partial charge on any atom is -0.460 e. The van der Waals surface area contributed by atoms with Gasteiger partial charge in [0.1, 0.15) is 17.2 Å². The summed E-state index contributed by atoms with van der Waals surface area (Å²) in [6, 6.07) is 6.51. The third-order valence-electron chi connectivity index (χ3n) is 2.09. The first-order valence-electron chi connectivity index (χ1n) is 4.95. The van der Waals surface area contributed by atoms with Crippen molar-refractivity contribution in [3.8, 4) is 0 Å². The molecule has 80 valence electrons. The second kappa shape index (κ2) is 4.27. The van der Waals surface area contributed by atoms with E-state index in [1.54, 1.807) is 6.07 Å². The second-order valence-corrected chi connectivity index (χ2v) is 5.32. The van der Waals surface area contributed by atoms with E-state index in [2.05, 4.69) is 13.8 Å². The lowest BCUT2D eigenvalue weighted by Gasteiger charge is -2.00. The first kappa shape index (κ1) is 10.6. The van der Waals surface area contributed by atoms with Gasteiger partial charge in [-0.3, -0.25) is 0 Å². The summed E-state index contributed by atoms with van der Waals surface area (Å²) in [5.74, 6) is 1.54. The summed E-state index contributed by atoms with van der Waals surface area (Å²) >= 11 is 1.82. The van der Waals surface area contributed by atoms with Gasteiger partial charge in [0, 0.05) is 5.39 Å². The number of furan rings is 1. The molecule has 2 rings (SSSR count). The SMILES string of the molecule is CC(C)SCc1cc2cc(F)ccc2o1. The number of thioether (sulfide) groups is 1. The van der Waals surface area contributed by atoms with Crippen molar-refractivity contribution < 1.29 is 8.81 Å². The third-order valence-corrected chi connectivity index (χ3v) is 3.21. The fourth-order valence-electron chi connectivity index (χ4n) is 1.39. The number of fused-ring (bicyclic) bond motifs is 1. The van der Waals surface area contributed by atoms with Gasteiger partial charge in [-0.25, -0.2) is 4.39 Å². The number of hydrogen-bond acceptors (Lipinski definition) is 2. The zero-order chi connectivity index (χ0) is 10.8. The average molecular weight is 224 g/mol. The lowest BCUT2D eigenvalue weighted by molar-refractivity contribution is 0.572. The zero-order valence-corrected chi connectivity index (χ0v) is 9.60. The molecule has 0 atom stereocenters. The van der Waals surface area contributed by atoms with Crippen LogP contribution >= 0.6 is 11.8 Å². The van der Waals surface area contributed by atoms with Gasteiger partial charge >= 0.3 is 0 Å². The predicted molar refractivity (Wildman–Crippen MR) is 62.6 cm³/mol. The molecule has 0 radical (unpaired) electrons. The van der Waals surface area contributed by atoms with Crippen LogP contribution in [-0.4, -0.2) is 5.25 Å². The van der Waals surface area contributed by atoms with Gasteiger partial charge in [-0.05, 0) is 29.5 Å². The van der Waals surface area contributed by atoms with Gasteiger partial charge in [-0.2, -0.15) is 11.8 Å². The number of hydrogen-bond donors (Lipinski definition) is 0. The number of halogens is 1. The van der Waals surface area contributed by atoms with Crippen molar-refractivity contribution in [1.82, 2.24) is 0 Å². The summed E-state index contributed by atoms with van der Waals surface area (Å²) in [5, 5.41) is 1.42. The molecule has 1 aromatic heterocycles. The molecule has 0 aliphatic rings. The monoisotopic (exact) mass is 224 g/mol. The Kier molecular flexibility index (Phi) is 3.00. The van der Waals surface area contributed by atoms with Crippen molar-refractivity contribution >= 4 is 22.7 Å². The van der Waals surface area contributed by atoms with E-state index in [1.807, 2.05) is 17.8 Å². The molecule has 3 heteroatoms. The molecule has 0 fully saturated rings. The second-order valence-electron chi connectivity index (χ2n) is 3.75. The van der Waals surface area contributed by atoms with Gasteiger partial charge in [0.25, 0.3) is 0 Å². The van der Waals surface area contributed by atoms with Gasteiger partial charge in [-0.1, -0.05) is 13.8 Å². The summed E-state index contributed by atoms with van der Waals surface area (Å²) in [6.07, 6.45) is 0. The molecule has 0 spiro atoms. The summed E-state index contributed by atoms with van der Waals surface area (Å²) in [7, 11) is 0. The van der Waals surface area contributed by atoms with E-state index in [1.165, 1.54) is 12.1 Å². The molecule has 0 amide bonds. The van der Waals surface area contributed by atoms with Crippen molar-refractivity contribution in [3.63, 3.8) is 0 Å². The molecule has 1 heterocycles. The van der Waals surface area contributed by atoms with E-state index in [0.717, 1.165) is 22.5 Å². The maximum absolute atomic E-state index is 12.9. The molecule has 0 N–H and O–H groups in total. The largest absolute Gasteiger partial charge is 0.460 e. The topological polar surface area (TPSA) is 13.1 Å². The molecule has 0 saturated carbocycles. The van der Waals surface area contributed by atoms with Crippen LogP contribution in [0.5, 0.6) is 0 Å². The highest BCUT2D eigenvalue weighted by Crippen LogP contribution is 2.24. The van der Waals surface area contributed by atoms with Gasteiger partial charge in [0.2, 0.25) is 0 Å².